The van der Waals surface area contributed by atoms with Crippen molar-refractivity contribution >= 4 is 12.1 Å². The Morgan fingerprint density at radius 2 is 1.84 bits per heavy atom. The van der Waals surface area contributed by atoms with E-state index in [0.717, 1.165) is 5.56 Å². The maximum atomic E-state index is 12.0. The summed E-state index contributed by atoms with van der Waals surface area (Å²) >= 11 is 0. The third kappa shape index (κ3) is 2.12. The summed E-state index contributed by atoms with van der Waals surface area (Å²) < 4.78 is 0. The van der Waals surface area contributed by atoms with E-state index < -0.39 is 0 Å². The molecule has 1 aromatic rings. The number of hydrogen-bond donors (Lipinski definition) is 0. The van der Waals surface area contributed by atoms with E-state index in [1.807, 2.05) is 37.4 Å². The van der Waals surface area contributed by atoms with Crippen LogP contribution in [0.1, 0.15) is 11.6 Å². The third-order valence-corrected chi connectivity index (χ3v) is 3.79. The lowest BCUT2D eigenvalue weighted by molar-refractivity contribution is -0.123. The Morgan fingerprint density at radius 1 is 1.11 bits per heavy atom. The van der Waals surface area contributed by atoms with Gasteiger partial charge in [0.25, 0.3) is 5.91 Å². The van der Waals surface area contributed by atoms with Gasteiger partial charge in [0.15, 0.2) is 0 Å². The fourth-order valence-electron chi connectivity index (χ4n) is 2.73. The quantitative estimate of drug-likeness (QED) is 0.755. The topological polar surface area (TPSA) is 32.7 Å². The molecule has 3 atom stereocenters. The van der Waals surface area contributed by atoms with Gasteiger partial charge in [-0.3, -0.25) is 9.79 Å². The Kier molecular flexibility index (Phi) is 3.03. The third-order valence-electron chi connectivity index (χ3n) is 3.79. The van der Waals surface area contributed by atoms with Crippen molar-refractivity contribution in [3.05, 3.63) is 60.2 Å². The van der Waals surface area contributed by atoms with Crippen molar-refractivity contribution < 1.29 is 4.79 Å². The molecular weight excluding hydrogens is 236 g/mol. The molecule has 3 heteroatoms. The summed E-state index contributed by atoms with van der Waals surface area (Å²) in [6, 6.07) is 10.2. The molecule has 0 fully saturated rings. The molecule has 0 bridgehead atoms. The highest BCUT2D eigenvalue weighted by Gasteiger charge is 2.34. The van der Waals surface area contributed by atoms with E-state index in [0.29, 0.717) is 0 Å². The SMILES string of the molecule is CN1C(=O)C=NC(c2ccccc2)C2C=CC=CC21. The molecule has 96 valence electrons. The van der Waals surface area contributed by atoms with Crippen molar-refractivity contribution in [3.8, 4) is 0 Å². The summed E-state index contributed by atoms with van der Waals surface area (Å²) in [5, 5.41) is 0. The lowest BCUT2D eigenvalue weighted by Gasteiger charge is -2.32. The van der Waals surface area contributed by atoms with Crippen molar-refractivity contribution in [2.75, 3.05) is 7.05 Å². The lowest BCUT2D eigenvalue weighted by atomic mass is 9.84. The monoisotopic (exact) mass is 252 g/mol. The van der Waals surface area contributed by atoms with Crippen molar-refractivity contribution in [2.45, 2.75) is 12.1 Å². The van der Waals surface area contributed by atoms with Crippen LogP contribution in [0.5, 0.6) is 0 Å². The molecule has 1 aliphatic heterocycles. The first-order valence-electron chi connectivity index (χ1n) is 6.47. The number of allylic oxidation sites excluding steroid dienone is 2. The molecule has 3 unspecified atom stereocenters. The largest absolute Gasteiger partial charge is 0.334 e. The summed E-state index contributed by atoms with van der Waals surface area (Å²) in [6.07, 6.45) is 9.72. The van der Waals surface area contributed by atoms with Crippen LogP contribution in [-0.2, 0) is 4.79 Å². The highest BCUT2D eigenvalue weighted by molar-refractivity contribution is 6.26. The number of amides is 1. The van der Waals surface area contributed by atoms with Crippen LogP contribution in [0.3, 0.4) is 0 Å². The molecule has 0 N–H and O–H groups in total. The molecule has 0 spiro atoms. The van der Waals surface area contributed by atoms with Gasteiger partial charge in [-0.05, 0) is 5.56 Å². The summed E-state index contributed by atoms with van der Waals surface area (Å²) in [5.41, 5.74) is 1.15. The predicted molar refractivity (Wildman–Crippen MR) is 76.0 cm³/mol. The number of carbonyl (C=O) groups excluding carboxylic acids is 1. The summed E-state index contributed by atoms with van der Waals surface area (Å²) in [4.78, 5) is 18.2. The molecule has 0 aromatic heterocycles. The van der Waals surface area contributed by atoms with Gasteiger partial charge in [0.1, 0.15) is 0 Å². The van der Waals surface area contributed by atoms with E-state index in [4.69, 9.17) is 0 Å². The molecule has 3 nitrogen and oxygen atoms in total. The number of aliphatic imine (C=N–C) groups is 1. The minimum absolute atomic E-state index is 0.00120. The van der Waals surface area contributed by atoms with Gasteiger partial charge in [0.05, 0.1) is 18.3 Å². The van der Waals surface area contributed by atoms with Crippen LogP contribution in [0.25, 0.3) is 0 Å². The number of carbonyl (C=O) groups is 1. The number of fused-ring (bicyclic) bond motifs is 1. The Labute approximate surface area is 113 Å². The van der Waals surface area contributed by atoms with Crippen molar-refractivity contribution in [1.82, 2.24) is 4.90 Å². The molecule has 0 radical (unpaired) electrons. The summed E-state index contributed by atoms with van der Waals surface area (Å²) in [5.74, 6) is 0.161. The zero-order chi connectivity index (χ0) is 13.2. The molecule has 2 aliphatic rings. The van der Waals surface area contributed by atoms with Crippen molar-refractivity contribution in [2.24, 2.45) is 10.9 Å². The molecule has 0 saturated heterocycles. The van der Waals surface area contributed by atoms with Gasteiger partial charge in [-0.2, -0.15) is 0 Å². The van der Waals surface area contributed by atoms with Crippen LogP contribution in [0.2, 0.25) is 0 Å². The Bertz CT molecular complexity index is 559. The van der Waals surface area contributed by atoms with Gasteiger partial charge >= 0.3 is 0 Å². The second-order valence-corrected chi connectivity index (χ2v) is 4.92. The standard InChI is InChI=1S/C16H16N2O/c1-18-14-10-6-5-9-13(14)16(17-11-15(18)19)12-7-3-2-4-8-12/h2-11,13-14,16H,1H3. The van der Waals surface area contributed by atoms with Crippen LogP contribution in [0, 0.1) is 5.92 Å². The normalized spacial score (nSPS) is 29.2. The molecule has 19 heavy (non-hydrogen) atoms. The van der Waals surface area contributed by atoms with Crippen molar-refractivity contribution in [1.29, 1.82) is 0 Å². The van der Waals surface area contributed by atoms with E-state index in [2.05, 4.69) is 29.3 Å². The minimum atomic E-state index is -0.0339. The molecular formula is C16H16N2O. The fourth-order valence-corrected chi connectivity index (χ4v) is 2.73. The Balaban J connectivity index is 2.04. The molecule has 1 amide bonds. The van der Waals surface area contributed by atoms with Gasteiger partial charge in [0, 0.05) is 13.0 Å². The number of hydrogen-bond acceptors (Lipinski definition) is 2. The van der Waals surface area contributed by atoms with Gasteiger partial charge in [-0.25, -0.2) is 0 Å². The summed E-state index contributed by atoms with van der Waals surface area (Å²) in [6.45, 7) is 0. The van der Waals surface area contributed by atoms with E-state index in [-0.39, 0.29) is 23.9 Å². The molecule has 1 aromatic carbocycles. The maximum Gasteiger partial charge on any atom is 0.264 e. The van der Waals surface area contributed by atoms with Gasteiger partial charge in [-0.1, -0.05) is 54.6 Å². The van der Waals surface area contributed by atoms with Crippen LogP contribution in [-0.4, -0.2) is 30.1 Å². The molecule has 1 heterocycles. The Hall–Kier alpha value is -2.16. The predicted octanol–water partition coefficient (Wildman–Crippen LogP) is 2.38. The summed E-state index contributed by atoms with van der Waals surface area (Å²) in [7, 11) is 1.84. The molecule has 0 saturated carbocycles. The van der Waals surface area contributed by atoms with Gasteiger partial charge < -0.3 is 4.90 Å². The molecule has 1 aliphatic carbocycles. The van der Waals surface area contributed by atoms with Crippen LogP contribution < -0.4 is 0 Å². The zero-order valence-corrected chi connectivity index (χ0v) is 10.8. The van der Waals surface area contributed by atoms with E-state index in [9.17, 15) is 4.79 Å². The highest BCUT2D eigenvalue weighted by atomic mass is 16.2. The lowest BCUT2D eigenvalue weighted by Crippen LogP contribution is -2.40. The molecule has 3 rings (SSSR count). The average molecular weight is 252 g/mol. The Morgan fingerprint density at radius 3 is 2.63 bits per heavy atom. The first-order chi connectivity index (χ1) is 9.27. The number of nitrogens with zero attached hydrogens (tertiary/aromatic N) is 2. The fraction of sp³-hybridized carbons (Fsp3) is 0.250. The number of benzene rings is 1. The first kappa shape index (κ1) is 11.9. The smallest absolute Gasteiger partial charge is 0.264 e. The van der Waals surface area contributed by atoms with Crippen LogP contribution >= 0.6 is 0 Å². The minimum Gasteiger partial charge on any atom is -0.334 e. The van der Waals surface area contributed by atoms with Crippen molar-refractivity contribution in [3.63, 3.8) is 0 Å². The van der Waals surface area contributed by atoms with Gasteiger partial charge in [-0.15, -0.1) is 0 Å². The van der Waals surface area contributed by atoms with E-state index in [1.165, 1.54) is 6.21 Å². The highest BCUT2D eigenvalue weighted by Crippen LogP contribution is 2.35. The number of likely N-dealkylation sites (N-methyl/N-ethyl adjacent to an activating group) is 1. The number of rotatable bonds is 1. The first-order valence-corrected chi connectivity index (χ1v) is 6.47. The second kappa shape index (κ2) is 4.84. The van der Waals surface area contributed by atoms with E-state index in [1.54, 1.807) is 4.90 Å². The zero-order valence-electron chi connectivity index (χ0n) is 10.8. The van der Waals surface area contributed by atoms with Gasteiger partial charge in [0.2, 0.25) is 0 Å². The van der Waals surface area contributed by atoms with Crippen LogP contribution in [0.4, 0.5) is 0 Å². The van der Waals surface area contributed by atoms with Crippen LogP contribution in [0.15, 0.2) is 59.6 Å². The average Bonchev–Trinajstić information content (AvgIpc) is 2.59. The maximum absolute atomic E-state index is 12.0. The van der Waals surface area contributed by atoms with E-state index >= 15 is 0 Å². The second-order valence-electron chi connectivity index (χ2n) is 4.92.